The van der Waals surface area contributed by atoms with Crippen molar-refractivity contribution in [2.75, 3.05) is 6.61 Å². The molecular formula is C14H20O2S. The molecule has 0 amide bonds. The van der Waals surface area contributed by atoms with Crippen LogP contribution in [0.3, 0.4) is 0 Å². The van der Waals surface area contributed by atoms with Crippen LogP contribution in [0.4, 0.5) is 0 Å². The fourth-order valence-corrected chi connectivity index (χ4v) is 2.52. The topological polar surface area (TPSA) is 26.3 Å². The van der Waals surface area contributed by atoms with Crippen LogP contribution in [0.2, 0.25) is 0 Å². The van der Waals surface area contributed by atoms with Crippen molar-refractivity contribution >= 4 is 17.7 Å². The first-order valence-corrected chi connectivity index (χ1v) is 6.62. The molecule has 0 aliphatic carbocycles. The van der Waals surface area contributed by atoms with Crippen LogP contribution in [0.25, 0.3) is 0 Å². The molecule has 0 aliphatic heterocycles. The Morgan fingerprint density at radius 2 is 1.94 bits per heavy atom. The van der Waals surface area contributed by atoms with Crippen molar-refractivity contribution in [2.24, 2.45) is 0 Å². The minimum atomic E-state index is -0.544. The van der Waals surface area contributed by atoms with E-state index in [0.29, 0.717) is 6.61 Å². The molecule has 0 N–H and O–H groups in total. The zero-order valence-corrected chi connectivity index (χ0v) is 12.0. The molecule has 0 fully saturated rings. The molecule has 0 unspecified atom stereocenters. The van der Waals surface area contributed by atoms with Crippen molar-refractivity contribution in [3.63, 3.8) is 0 Å². The Hall–Kier alpha value is -0.960. The highest BCUT2D eigenvalue weighted by Gasteiger charge is 2.30. The first kappa shape index (κ1) is 14.1. The molecule has 0 saturated heterocycles. The van der Waals surface area contributed by atoms with E-state index < -0.39 is 4.75 Å². The van der Waals surface area contributed by atoms with Gasteiger partial charge in [-0.1, -0.05) is 6.07 Å². The number of hydrogen-bond donors (Lipinski definition) is 0. The van der Waals surface area contributed by atoms with Crippen LogP contribution < -0.4 is 0 Å². The second-order valence-corrected chi connectivity index (χ2v) is 6.28. The van der Waals surface area contributed by atoms with Gasteiger partial charge in [0.15, 0.2) is 0 Å². The number of rotatable bonds is 4. The molecule has 1 aromatic carbocycles. The highest BCUT2D eigenvalue weighted by Crippen LogP contribution is 2.34. The van der Waals surface area contributed by atoms with E-state index in [1.807, 2.05) is 26.8 Å². The molecule has 3 heteroatoms. The van der Waals surface area contributed by atoms with Crippen LogP contribution in [-0.4, -0.2) is 17.3 Å². The summed E-state index contributed by atoms with van der Waals surface area (Å²) in [5.41, 5.74) is 2.51. The SMILES string of the molecule is CCOC(=O)C(C)(C)Sc1ccc(C)c(C)c1. The first-order valence-electron chi connectivity index (χ1n) is 5.80. The van der Waals surface area contributed by atoms with Crippen molar-refractivity contribution in [3.05, 3.63) is 29.3 Å². The lowest BCUT2D eigenvalue weighted by Gasteiger charge is -2.21. The van der Waals surface area contributed by atoms with Crippen LogP contribution in [0.15, 0.2) is 23.1 Å². The number of carbonyl (C=O) groups is 1. The van der Waals surface area contributed by atoms with Gasteiger partial charge in [-0.05, 0) is 57.9 Å². The van der Waals surface area contributed by atoms with Crippen LogP contribution in [0.5, 0.6) is 0 Å². The average molecular weight is 252 g/mol. The number of carbonyl (C=O) groups excluding carboxylic acids is 1. The van der Waals surface area contributed by atoms with Crippen molar-refractivity contribution in [1.29, 1.82) is 0 Å². The van der Waals surface area contributed by atoms with E-state index >= 15 is 0 Å². The van der Waals surface area contributed by atoms with Crippen LogP contribution in [0.1, 0.15) is 31.9 Å². The van der Waals surface area contributed by atoms with Crippen molar-refractivity contribution in [2.45, 2.75) is 44.3 Å². The largest absolute Gasteiger partial charge is 0.465 e. The molecule has 1 rings (SSSR count). The minimum Gasteiger partial charge on any atom is -0.465 e. The smallest absolute Gasteiger partial charge is 0.321 e. The molecule has 1 aromatic rings. The summed E-state index contributed by atoms with van der Waals surface area (Å²) in [7, 11) is 0. The van der Waals surface area contributed by atoms with E-state index in [-0.39, 0.29) is 5.97 Å². The van der Waals surface area contributed by atoms with Gasteiger partial charge in [-0.2, -0.15) is 0 Å². The van der Waals surface area contributed by atoms with Crippen molar-refractivity contribution in [3.8, 4) is 0 Å². The lowest BCUT2D eigenvalue weighted by atomic mass is 10.1. The Labute approximate surface area is 108 Å². The summed E-state index contributed by atoms with van der Waals surface area (Å²) < 4.78 is 4.53. The minimum absolute atomic E-state index is 0.164. The zero-order valence-electron chi connectivity index (χ0n) is 11.2. The fraction of sp³-hybridized carbons (Fsp3) is 0.500. The maximum Gasteiger partial charge on any atom is 0.321 e. The Balaban J connectivity index is 2.82. The van der Waals surface area contributed by atoms with Gasteiger partial charge in [-0.25, -0.2) is 0 Å². The molecule has 0 atom stereocenters. The maximum atomic E-state index is 11.8. The van der Waals surface area contributed by atoms with Crippen LogP contribution in [0, 0.1) is 13.8 Å². The van der Waals surface area contributed by atoms with Gasteiger partial charge >= 0.3 is 5.97 Å². The number of benzene rings is 1. The highest BCUT2D eigenvalue weighted by molar-refractivity contribution is 8.01. The molecule has 0 bridgehead atoms. The quantitative estimate of drug-likeness (QED) is 0.603. The van der Waals surface area contributed by atoms with Gasteiger partial charge in [0.1, 0.15) is 4.75 Å². The number of ether oxygens (including phenoxy) is 1. The maximum absolute atomic E-state index is 11.8. The standard InChI is InChI=1S/C14H20O2S/c1-6-16-13(15)14(4,5)17-12-8-7-10(2)11(3)9-12/h7-9H,6H2,1-5H3. The molecule has 17 heavy (non-hydrogen) atoms. The van der Waals surface area contributed by atoms with E-state index in [9.17, 15) is 4.79 Å². The monoisotopic (exact) mass is 252 g/mol. The summed E-state index contributed by atoms with van der Waals surface area (Å²) in [5, 5.41) is 0. The number of esters is 1. The van der Waals surface area contributed by atoms with Gasteiger partial charge < -0.3 is 4.74 Å². The number of aryl methyl sites for hydroxylation is 2. The van der Waals surface area contributed by atoms with Crippen LogP contribution >= 0.6 is 11.8 Å². The number of hydrogen-bond acceptors (Lipinski definition) is 3. The van der Waals surface area contributed by atoms with Gasteiger partial charge in [0.2, 0.25) is 0 Å². The molecule has 0 aliphatic rings. The van der Waals surface area contributed by atoms with Gasteiger partial charge in [0.05, 0.1) is 6.61 Å². The first-order chi connectivity index (χ1) is 7.86. The van der Waals surface area contributed by atoms with Crippen molar-refractivity contribution in [1.82, 2.24) is 0 Å². The summed E-state index contributed by atoms with van der Waals surface area (Å²) >= 11 is 1.54. The lowest BCUT2D eigenvalue weighted by Crippen LogP contribution is -2.29. The molecule has 2 nitrogen and oxygen atoms in total. The lowest BCUT2D eigenvalue weighted by molar-refractivity contribution is -0.145. The third-order valence-corrected chi connectivity index (χ3v) is 3.79. The Bertz CT molecular complexity index is 411. The normalized spacial score (nSPS) is 11.4. The van der Waals surface area contributed by atoms with E-state index in [2.05, 4.69) is 26.0 Å². The Morgan fingerprint density at radius 3 is 2.47 bits per heavy atom. The summed E-state index contributed by atoms with van der Waals surface area (Å²) in [4.78, 5) is 12.9. The molecule has 0 radical (unpaired) electrons. The predicted octanol–water partition coefficient (Wildman–Crippen LogP) is 3.74. The van der Waals surface area contributed by atoms with Gasteiger partial charge in [-0.3, -0.25) is 4.79 Å². The molecule has 0 saturated carbocycles. The third kappa shape index (κ3) is 3.77. The Morgan fingerprint density at radius 1 is 1.29 bits per heavy atom. The van der Waals surface area contributed by atoms with E-state index in [1.54, 1.807) is 11.8 Å². The summed E-state index contributed by atoms with van der Waals surface area (Å²) in [6.07, 6.45) is 0. The second kappa shape index (κ2) is 5.58. The number of thioether (sulfide) groups is 1. The van der Waals surface area contributed by atoms with Gasteiger partial charge in [0.25, 0.3) is 0 Å². The average Bonchev–Trinajstić information content (AvgIpc) is 2.23. The molecule has 0 spiro atoms. The Kier molecular flexibility index (Phi) is 4.63. The summed E-state index contributed by atoms with van der Waals surface area (Å²) in [6, 6.07) is 6.24. The zero-order chi connectivity index (χ0) is 13.1. The van der Waals surface area contributed by atoms with Crippen molar-refractivity contribution < 1.29 is 9.53 Å². The second-order valence-electron chi connectivity index (χ2n) is 4.58. The van der Waals surface area contributed by atoms with Gasteiger partial charge in [0, 0.05) is 4.90 Å². The predicted molar refractivity (Wildman–Crippen MR) is 72.5 cm³/mol. The molecule has 0 heterocycles. The van der Waals surface area contributed by atoms with Crippen LogP contribution in [-0.2, 0) is 9.53 Å². The highest BCUT2D eigenvalue weighted by atomic mass is 32.2. The molecule has 0 aromatic heterocycles. The fourth-order valence-electron chi connectivity index (χ4n) is 1.42. The summed E-state index contributed by atoms with van der Waals surface area (Å²) in [6.45, 7) is 10.2. The molecule has 94 valence electrons. The third-order valence-electron chi connectivity index (χ3n) is 2.62. The van der Waals surface area contributed by atoms with E-state index in [4.69, 9.17) is 4.74 Å². The summed E-state index contributed by atoms with van der Waals surface area (Å²) in [5.74, 6) is -0.164. The van der Waals surface area contributed by atoms with E-state index in [0.717, 1.165) is 4.90 Å². The van der Waals surface area contributed by atoms with Gasteiger partial charge in [-0.15, -0.1) is 11.8 Å². The molecular weight excluding hydrogens is 232 g/mol. The van der Waals surface area contributed by atoms with E-state index in [1.165, 1.54) is 11.1 Å².